The molecular weight excluding hydrogens is 286 g/mol. The fraction of sp³-hybridized carbons (Fsp3) is 0.182. The number of nitrogens with one attached hydrogen (secondary N) is 1. The first-order valence-electron chi connectivity index (χ1n) is 4.87. The number of hydrogen-bond donors (Lipinski definition) is 2. The van der Waals surface area contributed by atoms with Gasteiger partial charge in [-0.15, -0.1) is 11.3 Å². The molecular formula is C11H12BrN3S. The summed E-state index contributed by atoms with van der Waals surface area (Å²) in [4.78, 5) is 4.20. The van der Waals surface area contributed by atoms with Crippen molar-refractivity contribution in [2.45, 2.75) is 13.1 Å². The number of nitrogens with two attached hydrogens (primary N) is 1. The predicted octanol–water partition coefficient (Wildman–Crippen LogP) is 2.78. The molecule has 5 heteroatoms. The number of aromatic nitrogens is 1. The molecule has 0 spiro atoms. The SMILES string of the molecule is Nc1cc(Br)cc(CNCc2cscn2)c1. The molecule has 0 fully saturated rings. The molecule has 0 saturated carbocycles. The Balaban J connectivity index is 1.89. The minimum Gasteiger partial charge on any atom is -0.399 e. The van der Waals surface area contributed by atoms with Crippen LogP contribution in [-0.2, 0) is 13.1 Å². The van der Waals surface area contributed by atoms with Gasteiger partial charge in [-0.2, -0.15) is 0 Å². The van der Waals surface area contributed by atoms with Crippen LogP contribution in [0.1, 0.15) is 11.3 Å². The molecule has 1 aromatic heterocycles. The number of thiazole rings is 1. The second-order valence-corrected chi connectivity index (χ2v) is 5.11. The third-order valence-electron chi connectivity index (χ3n) is 2.10. The molecule has 0 amide bonds. The highest BCUT2D eigenvalue weighted by Crippen LogP contribution is 2.17. The number of nitrogen functional groups attached to an aromatic ring is 1. The standard InChI is InChI=1S/C11H12BrN3S/c12-9-1-8(2-10(13)3-9)4-14-5-11-6-16-7-15-11/h1-3,6-7,14H,4-5,13H2. The lowest BCUT2D eigenvalue weighted by Gasteiger charge is -2.05. The molecule has 0 unspecified atom stereocenters. The van der Waals surface area contributed by atoms with Gasteiger partial charge in [0.15, 0.2) is 0 Å². The molecule has 16 heavy (non-hydrogen) atoms. The van der Waals surface area contributed by atoms with Crippen LogP contribution in [0.3, 0.4) is 0 Å². The number of hydrogen-bond acceptors (Lipinski definition) is 4. The zero-order chi connectivity index (χ0) is 11.4. The topological polar surface area (TPSA) is 50.9 Å². The van der Waals surface area contributed by atoms with Gasteiger partial charge in [-0.05, 0) is 23.8 Å². The van der Waals surface area contributed by atoms with Gasteiger partial charge in [-0.3, -0.25) is 0 Å². The number of nitrogens with zero attached hydrogens (tertiary/aromatic N) is 1. The Labute approximate surface area is 107 Å². The van der Waals surface area contributed by atoms with Crippen molar-refractivity contribution >= 4 is 33.0 Å². The summed E-state index contributed by atoms with van der Waals surface area (Å²) in [5.41, 5.74) is 10.6. The minimum absolute atomic E-state index is 0.778. The van der Waals surface area contributed by atoms with Gasteiger partial charge in [0.05, 0.1) is 11.2 Å². The van der Waals surface area contributed by atoms with Gasteiger partial charge in [-0.1, -0.05) is 15.9 Å². The zero-order valence-corrected chi connectivity index (χ0v) is 11.0. The Morgan fingerprint density at radius 1 is 1.31 bits per heavy atom. The number of anilines is 1. The summed E-state index contributed by atoms with van der Waals surface area (Å²) in [6.45, 7) is 1.58. The van der Waals surface area contributed by atoms with Crippen molar-refractivity contribution in [3.63, 3.8) is 0 Å². The van der Waals surface area contributed by atoms with Gasteiger partial charge in [-0.25, -0.2) is 4.98 Å². The van der Waals surface area contributed by atoms with E-state index in [9.17, 15) is 0 Å². The summed E-state index contributed by atoms with van der Waals surface area (Å²) in [6.07, 6.45) is 0. The van der Waals surface area contributed by atoms with Crippen LogP contribution in [0.4, 0.5) is 5.69 Å². The van der Waals surface area contributed by atoms with E-state index in [1.54, 1.807) is 11.3 Å². The van der Waals surface area contributed by atoms with Crippen LogP contribution in [0, 0.1) is 0 Å². The fourth-order valence-electron chi connectivity index (χ4n) is 1.44. The van der Waals surface area contributed by atoms with Crippen molar-refractivity contribution in [2.24, 2.45) is 0 Å². The summed E-state index contributed by atoms with van der Waals surface area (Å²) in [7, 11) is 0. The molecule has 0 saturated heterocycles. The molecule has 0 bridgehead atoms. The highest BCUT2D eigenvalue weighted by atomic mass is 79.9. The van der Waals surface area contributed by atoms with E-state index < -0.39 is 0 Å². The smallest absolute Gasteiger partial charge is 0.0795 e. The lowest BCUT2D eigenvalue weighted by molar-refractivity contribution is 0.683. The van der Waals surface area contributed by atoms with Crippen LogP contribution in [0.2, 0.25) is 0 Å². The van der Waals surface area contributed by atoms with Crippen molar-refractivity contribution in [2.75, 3.05) is 5.73 Å². The van der Waals surface area contributed by atoms with Gasteiger partial charge in [0.2, 0.25) is 0 Å². The van der Waals surface area contributed by atoms with Gasteiger partial charge in [0.1, 0.15) is 0 Å². The highest BCUT2D eigenvalue weighted by molar-refractivity contribution is 9.10. The maximum atomic E-state index is 5.76. The third kappa shape index (κ3) is 3.30. The predicted molar refractivity (Wildman–Crippen MR) is 71.2 cm³/mol. The van der Waals surface area contributed by atoms with Crippen LogP contribution in [0.5, 0.6) is 0 Å². The fourth-order valence-corrected chi connectivity index (χ4v) is 2.55. The molecule has 0 radical (unpaired) electrons. The van der Waals surface area contributed by atoms with Crippen molar-refractivity contribution in [1.29, 1.82) is 0 Å². The lowest BCUT2D eigenvalue weighted by Crippen LogP contribution is -2.13. The van der Waals surface area contributed by atoms with Crippen LogP contribution in [0.25, 0.3) is 0 Å². The molecule has 1 heterocycles. The van der Waals surface area contributed by atoms with E-state index in [2.05, 4.69) is 32.3 Å². The Kier molecular flexibility index (Phi) is 3.93. The van der Waals surface area contributed by atoms with Gasteiger partial charge < -0.3 is 11.1 Å². The van der Waals surface area contributed by atoms with E-state index in [-0.39, 0.29) is 0 Å². The maximum absolute atomic E-state index is 5.76. The second kappa shape index (κ2) is 5.43. The van der Waals surface area contributed by atoms with Crippen molar-refractivity contribution < 1.29 is 0 Å². The molecule has 3 nitrogen and oxygen atoms in total. The van der Waals surface area contributed by atoms with E-state index in [1.807, 2.05) is 23.0 Å². The summed E-state index contributed by atoms with van der Waals surface area (Å²) in [5.74, 6) is 0. The Hall–Kier alpha value is -0.910. The number of rotatable bonds is 4. The van der Waals surface area contributed by atoms with E-state index in [0.717, 1.165) is 28.9 Å². The first-order chi connectivity index (χ1) is 7.74. The Morgan fingerprint density at radius 2 is 2.19 bits per heavy atom. The zero-order valence-electron chi connectivity index (χ0n) is 8.61. The first-order valence-corrected chi connectivity index (χ1v) is 6.60. The van der Waals surface area contributed by atoms with Gasteiger partial charge >= 0.3 is 0 Å². The minimum atomic E-state index is 0.778. The average Bonchev–Trinajstić information content (AvgIpc) is 2.69. The molecule has 84 valence electrons. The van der Waals surface area contributed by atoms with Gasteiger partial charge in [0, 0.05) is 28.6 Å². The summed E-state index contributed by atoms with van der Waals surface area (Å²) < 4.78 is 1.01. The molecule has 3 N–H and O–H groups in total. The second-order valence-electron chi connectivity index (χ2n) is 3.48. The Bertz CT molecular complexity index is 436. The normalized spacial score (nSPS) is 10.6. The highest BCUT2D eigenvalue weighted by Gasteiger charge is 1.98. The maximum Gasteiger partial charge on any atom is 0.0795 e. The van der Waals surface area contributed by atoms with E-state index in [1.165, 1.54) is 5.56 Å². The van der Waals surface area contributed by atoms with Crippen LogP contribution >= 0.6 is 27.3 Å². The number of benzene rings is 1. The summed E-state index contributed by atoms with van der Waals surface area (Å²) in [5, 5.41) is 5.37. The molecule has 0 aliphatic carbocycles. The number of halogens is 1. The van der Waals surface area contributed by atoms with Crippen LogP contribution < -0.4 is 11.1 Å². The lowest BCUT2D eigenvalue weighted by atomic mass is 10.2. The summed E-state index contributed by atoms with van der Waals surface area (Å²) in [6, 6.07) is 5.92. The monoisotopic (exact) mass is 297 g/mol. The van der Waals surface area contributed by atoms with E-state index in [0.29, 0.717) is 0 Å². The Morgan fingerprint density at radius 3 is 2.88 bits per heavy atom. The molecule has 0 aliphatic rings. The van der Waals surface area contributed by atoms with Crippen molar-refractivity contribution in [3.05, 3.63) is 44.8 Å². The third-order valence-corrected chi connectivity index (χ3v) is 3.19. The van der Waals surface area contributed by atoms with Crippen LogP contribution in [-0.4, -0.2) is 4.98 Å². The van der Waals surface area contributed by atoms with Crippen molar-refractivity contribution in [1.82, 2.24) is 10.3 Å². The average molecular weight is 298 g/mol. The summed E-state index contributed by atoms with van der Waals surface area (Å²) >= 11 is 5.04. The van der Waals surface area contributed by atoms with E-state index >= 15 is 0 Å². The first kappa shape index (κ1) is 11.6. The molecule has 2 aromatic rings. The molecule has 0 atom stereocenters. The van der Waals surface area contributed by atoms with Crippen LogP contribution in [0.15, 0.2) is 33.6 Å². The van der Waals surface area contributed by atoms with Crippen molar-refractivity contribution in [3.8, 4) is 0 Å². The largest absolute Gasteiger partial charge is 0.399 e. The quantitative estimate of drug-likeness (QED) is 0.853. The molecule has 0 aliphatic heterocycles. The molecule has 2 rings (SSSR count). The molecule has 1 aromatic carbocycles. The van der Waals surface area contributed by atoms with Gasteiger partial charge in [0.25, 0.3) is 0 Å². The van der Waals surface area contributed by atoms with E-state index in [4.69, 9.17) is 5.73 Å².